The summed E-state index contributed by atoms with van der Waals surface area (Å²) in [7, 11) is 15.9. The summed E-state index contributed by atoms with van der Waals surface area (Å²) in [5.74, 6) is 5.85. The fourth-order valence-corrected chi connectivity index (χ4v) is 18.6. The predicted molar refractivity (Wildman–Crippen MR) is 425 cm³/mol. The van der Waals surface area contributed by atoms with Crippen molar-refractivity contribution >= 4 is 105 Å². The summed E-state index contributed by atoms with van der Waals surface area (Å²) in [4.78, 5) is 73.4. The number of likely N-dealkylation sites (tertiary alicyclic amines) is 2. The molecule has 0 bridgehead atoms. The third-order valence-electron chi connectivity index (χ3n) is 24.3. The highest BCUT2D eigenvalue weighted by atomic mass is 35.5. The van der Waals surface area contributed by atoms with Gasteiger partial charge in [-0.1, -0.05) is 62.4 Å². The number of nitrogens with one attached hydrogen (secondary N) is 6. The number of carbonyl (C=O) groups is 2. The van der Waals surface area contributed by atoms with E-state index in [1.165, 1.54) is 89.8 Å². The fraction of sp³-hybridized carbons (Fsp3) is 0.579. The van der Waals surface area contributed by atoms with Crippen LogP contribution < -0.4 is 51.5 Å². The van der Waals surface area contributed by atoms with E-state index in [2.05, 4.69) is 141 Å². The van der Waals surface area contributed by atoms with Gasteiger partial charge in [0.25, 0.3) is 0 Å². The number of nitrogens with zero attached hydrogens (tertiary/aromatic N) is 22. The molecule has 4 spiro atoms. The van der Waals surface area contributed by atoms with Gasteiger partial charge in [-0.25, -0.2) is 19.9 Å². The lowest BCUT2D eigenvalue weighted by Crippen LogP contribution is -2.44. The number of carbonyl (C=O) groups excluding carboxylic acids is 2. The minimum Gasteiger partial charge on any atom is -0.355 e. The molecule has 8 aliphatic rings. The molecule has 578 valence electrons. The van der Waals surface area contributed by atoms with Gasteiger partial charge in [-0.2, -0.15) is 40.3 Å². The second kappa shape index (κ2) is 33.7. The highest BCUT2D eigenvalue weighted by Crippen LogP contribution is 2.50. The zero-order chi connectivity index (χ0) is 75.7. The molecular weight excluding hydrogens is 1410 g/mol. The summed E-state index contributed by atoms with van der Waals surface area (Å²) in [6.07, 6.45) is 45.3. The van der Waals surface area contributed by atoms with Crippen molar-refractivity contribution in [3.8, 4) is 0 Å². The fourth-order valence-electron chi connectivity index (χ4n) is 18.2. The maximum absolute atomic E-state index is 12.3. The Bertz CT molecular complexity index is 4320. The lowest BCUT2D eigenvalue weighted by molar-refractivity contribution is -0.130. The van der Waals surface area contributed by atoms with Gasteiger partial charge >= 0.3 is 0 Å². The van der Waals surface area contributed by atoms with Crippen LogP contribution in [0, 0.1) is 21.7 Å². The van der Waals surface area contributed by atoms with Gasteiger partial charge in [0.15, 0.2) is 11.6 Å². The molecule has 2 atom stereocenters. The highest BCUT2D eigenvalue weighted by Gasteiger charge is 2.52. The number of hydrogen-bond acceptors (Lipinski definition) is 24. The van der Waals surface area contributed by atoms with E-state index in [1.54, 1.807) is 62.1 Å². The molecule has 12 heterocycles. The Hall–Kier alpha value is -9.26. The Morgan fingerprint density at radius 2 is 0.972 bits per heavy atom. The van der Waals surface area contributed by atoms with Gasteiger partial charge in [0.2, 0.25) is 35.6 Å². The average molecular weight is 1520 g/mol. The summed E-state index contributed by atoms with van der Waals surface area (Å²) in [6.45, 7) is 13.5. The van der Waals surface area contributed by atoms with Gasteiger partial charge in [-0.15, -0.1) is 0 Å². The number of likely N-dealkylation sites (N-methyl/N-ethyl adjacent to an activating group) is 2. The number of hydrogen-bond donors (Lipinski definition) is 6. The summed E-state index contributed by atoms with van der Waals surface area (Å²) in [5.41, 5.74) is 4.80. The van der Waals surface area contributed by atoms with E-state index >= 15 is 0 Å². The summed E-state index contributed by atoms with van der Waals surface area (Å²) in [6, 6.07) is 5.51. The molecule has 6 N–H and O–H groups in total. The lowest BCUT2D eigenvalue weighted by Gasteiger charge is -2.41. The molecule has 8 aromatic rings. The molecule has 4 aliphatic heterocycles. The van der Waals surface area contributed by atoms with Crippen molar-refractivity contribution < 1.29 is 9.59 Å². The van der Waals surface area contributed by atoms with Crippen LogP contribution in [0.1, 0.15) is 129 Å². The molecule has 4 aliphatic carbocycles. The van der Waals surface area contributed by atoms with Crippen LogP contribution in [-0.4, -0.2) is 205 Å². The van der Waals surface area contributed by atoms with Crippen molar-refractivity contribution in [3.63, 3.8) is 0 Å². The summed E-state index contributed by atoms with van der Waals surface area (Å²) >= 11 is 12.9. The molecule has 2 unspecified atom stereocenters. The van der Waals surface area contributed by atoms with E-state index in [4.69, 9.17) is 33.2 Å². The Balaban J connectivity index is 0.000000127. The van der Waals surface area contributed by atoms with Gasteiger partial charge in [0, 0.05) is 175 Å². The molecule has 8 fully saturated rings. The van der Waals surface area contributed by atoms with Gasteiger partial charge in [-0.3, -0.25) is 28.3 Å². The SMILES string of the molecule is C=CC(=O)N1CC(N(C)c2ccnc(Nc3cnn(C)c3)n2)C2(CCCC2)C1.CCC(=O)N1CCC2(CCC(N(C)c3nc(Nc4cnn(C)c4)ncc3Cl)CC2)C1.CN(c1ccnc(Nc2cnn(C)c2)n1)C1CNCC12CCCC2.CN(c1nc(Nc2cnn(C)c2)ncc1Cl)C1CCC2(CCNC2)CC1. The topological polar surface area (TPSA) is 300 Å². The van der Waals surface area contributed by atoms with Crippen molar-refractivity contribution in [1.29, 1.82) is 0 Å². The van der Waals surface area contributed by atoms with Crippen molar-refractivity contribution in [2.24, 2.45) is 49.9 Å². The smallest absolute Gasteiger partial charge is 0.246 e. The van der Waals surface area contributed by atoms with Gasteiger partial charge in [0.05, 0.1) is 66.0 Å². The molecule has 2 amide bonds. The number of halogens is 2. The van der Waals surface area contributed by atoms with E-state index in [1.807, 2.05) is 83.1 Å². The van der Waals surface area contributed by atoms with Crippen molar-refractivity contribution in [2.45, 2.75) is 153 Å². The second-order valence-corrected chi connectivity index (χ2v) is 32.1. The van der Waals surface area contributed by atoms with Crippen LogP contribution in [0.15, 0.2) is 99.1 Å². The minimum absolute atomic E-state index is 0.0174. The Morgan fingerprint density at radius 1 is 0.528 bits per heavy atom. The zero-order valence-electron chi connectivity index (χ0n) is 64.2. The van der Waals surface area contributed by atoms with Gasteiger partial charge in [-0.05, 0) is 125 Å². The normalized spacial score (nSPS) is 23.0. The summed E-state index contributed by atoms with van der Waals surface area (Å²) < 4.78 is 6.95. The molecule has 0 radical (unpaired) electrons. The first-order chi connectivity index (χ1) is 52.1. The van der Waals surface area contributed by atoms with Crippen molar-refractivity contribution in [2.75, 3.05) is 121 Å². The molecule has 0 aromatic carbocycles. The first-order valence-corrected chi connectivity index (χ1v) is 39.1. The van der Waals surface area contributed by atoms with Crippen LogP contribution in [0.25, 0.3) is 0 Å². The number of amides is 2. The Labute approximate surface area is 644 Å². The number of aryl methyl sites for hydroxylation is 4. The van der Waals surface area contributed by atoms with Crippen molar-refractivity contribution in [1.82, 2.24) is 99.4 Å². The molecule has 8 aromatic heterocycles. The first kappa shape index (κ1) is 76.9. The number of aromatic nitrogens is 16. The maximum Gasteiger partial charge on any atom is 0.246 e. The molecule has 32 heteroatoms. The lowest BCUT2D eigenvalue weighted by atomic mass is 9.71. The highest BCUT2D eigenvalue weighted by molar-refractivity contribution is 6.33. The molecule has 4 saturated carbocycles. The third kappa shape index (κ3) is 17.9. The van der Waals surface area contributed by atoms with Crippen LogP contribution >= 0.6 is 23.2 Å². The monoisotopic (exact) mass is 1510 g/mol. The van der Waals surface area contributed by atoms with Crippen LogP contribution in [0.3, 0.4) is 0 Å². The van der Waals surface area contributed by atoms with Crippen molar-refractivity contribution in [3.05, 3.63) is 109 Å². The number of rotatable bonds is 18. The van der Waals surface area contributed by atoms with Crippen LogP contribution in [0.5, 0.6) is 0 Å². The first-order valence-electron chi connectivity index (χ1n) is 38.4. The average Bonchev–Trinajstić information content (AvgIpc) is 1.61. The molecule has 16 rings (SSSR count). The van der Waals surface area contributed by atoms with Crippen LogP contribution in [0.2, 0.25) is 10.0 Å². The largest absolute Gasteiger partial charge is 0.355 e. The quantitative estimate of drug-likeness (QED) is 0.0435. The molecular formula is C76H108Cl2N28O2. The van der Waals surface area contributed by atoms with E-state index in [0.717, 1.165) is 124 Å². The second-order valence-electron chi connectivity index (χ2n) is 31.3. The molecule has 4 saturated heterocycles. The predicted octanol–water partition coefficient (Wildman–Crippen LogP) is 10.8. The molecule has 108 heavy (non-hydrogen) atoms. The van der Waals surface area contributed by atoms with E-state index in [-0.39, 0.29) is 23.3 Å². The Kier molecular flexibility index (Phi) is 24.0. The maximum atomic E-state index is 12.3. The van der Waals surface area contributed by atoms with Crippen LogP contribution in [-0.2, 0) is 37.8 Å². The molecule has 30 nitrogen and oxygen atoms in total. The van der Waals surface area contributed by atoms with Gasteiger partial charge < -0.3 is 61.3 Å². The summed E-state index contributed by atoms with van der Waals surface area (Å²) in [5, 5.41) is 37.7. The van der Waals surface area contributed by atoms with E-state index in [9.17, 15) is 9.59 Å². The van der Waals surface area contributed by atoms with Gasteiger partial charge in [0.1, 0.15) is 21.7 Å². The zero-order valence-corrected chi connectivity index (χ0v) is 65.7. The van der Waals surface area contributed by atoms with E-state index in [0.29, 0.717) is 81.2 Å². The minimum atomic E-state index is 0.0174. The third-order valence-corrected chi connectivity index (χ3v) is 24.8. The Morgan fingerprint density at radius 3 is 1.40 bits per heavy atom. The van der Waals surface area contributed by atoms with Crippen LogP contribution in [0.4, 0.5) is 69.8 Å². The van der Waals surface area contributed by atoms with E-state index < -0.39 is 0 Å². The number of anilines is 12. The standard InChI is InChI=1S/C21H30ClN7O.C20H27N7O.C18H26ClN7.C17H25N7/c1-4-18(30)29-10-9-21(14-29)7-5-16(6-8-21)28(3)19-17(22)12-23-20(26-19)25-15-11-24-27(2)13-15;1-4-18(28)27-13-16(20(14-27)8-5-6-9-20)26(3)17-7-10-21-19(24-17)23-15-11-22-25(2)12-15;1-25-11-13(9-22-25)23-17-21-10-15(19)16(24-17)26(2)14-3-5-18(6-4-14)7-8-20-12-18;1-23-11-13(9-20-23)21-16-19-8-5-15(22-16)24(2)14-10-18-12-17(14)6-3-4-7-17/h11-13,16H,4-10,14H2,1-3H3,(H,23,25,26);4,7,10-12,16H,1,5-6,8-9,13-14H2,2-3H3,(H,21,23,24);9-11,14,20H,3-8,12H2,1-2H3,(H,21,23,24);5,8-9,11,14,18H,3-4,6-7,10,12H2,1-2H3,(H,19,21,22).